The number of piperidine rings is 1. The molecule has 2 N–H and O–H groups in total. The monoisotopic (exact) mass is 381 g/mol. The summed E-state index contributed by atoms with van der Waals surface area (Å²) in [6.07, 6.45) is 5.09. The Morgan fingerprint density at radius 2 is 2.04 bits per heavy atom. The van der Waals surface area contributed by atoms with Crippen molar-refractivity contribution < 1.29 is 4.79 Å². The highest BCUT2D eigenvalue weighted by Gasteiger charge is 2.25. The molecule has 1 aromatic carbocycles. The fourth-order valence-electron chi connectivity index (χ4n) is 2.95. The Labute approximate surface area is 161 Å². The Balaban J connectivity index is 1.76. The largest absolute Gasteiger partial charge is 0.356 e. The molecule has 0 atom stereocenters. The van der Waals surface area contributed by atoms with Crippen LogP contribution in [0.5, 0.6) is 0 Å². The lowest BCUT2D eigenvalue weighted by molar-refractivity contribution is -0.126. The lowest BCUT2D eigenvalue weighted by atomic mass is 9.96. The van der Waals surface area contributed by atoms with E-state index in [2.05, 4.69) is 22.5 Å². The van der Waals surface area contributed by atoms with E-state index in [-0.39, 0.29) is 11.8 Å². The highest BCUT2D eigenvalue weighted by molar-refractivity contribution is 7.80. The van der Waals surface area contributed by atoms with Gasteiger partial charge in [0.15, 0.2) is 5.11 Å². The normalized spacial score (nSPS) is 15.1. The van der Waals surface area contributed by atoms with Gasteiger partial charge in [-0.25, -0.2) is 0 Å². The molecular weight excluding hydrogens is 354 g/mol. The van der Waals surface area contributed by atoms with Gasteiger partial charge in [0.2, 0.25) is 5.91 Å². The molecule has 1 amide bonds. The van der Waals surface area contributed by atoms with Crippen LogP contribution in [0, 0.1) is 12.8 Å². The van der Waals surface area contributed by atoms with E-state index in [1.807, 2.05) is 25.1 Å². The van der Waals surface area contributed by atoms with Crippen molar-refractivity contribution in [2.75, 3.05) is 25.0 Å². The van der Waals surface area contributed by atoms with Crippen LogP contribution in [0.2, 0.25) is 5.02 Å². The number of nitrogens with one attached hydrogen (secondary N) is 2. The predicted molar refractivity (Wildman–Crippen MR) is 109 cm³/mol. The van der Waals surface area contributed by atoms with Crippen molar-refractivity contribution in [1.82, 2.24) is 10.2 Å². The van der Waals surface area contributed by atoms with Crippen molar-refractivity contribution in [2.24, 2.45) is 5.92 Å². The van der Waals surface area contributed by atoms with Gasteiger partial charge in [0, 0.05) is 36.3 Å². The third-order valence-electron chi connectivity index (χ3n) is 4.66. The zero-order chi connectivity index (χ0) is 18.2. The van der Waals surface area contributed by atoms with Crippen LogP contribution in [-0.4, -0.2) is 35.6 Å². The van der Waals surface area contributed by atoms with Gasteiger partial charge in [0.05, 0.1) is 0 Å². The standard InChI is InChI=1S/C19H28ClN3OS/c1-3-4-5-10-21-18(24)15-8-11-23(12-9-15)19(25)22-16-7-6-14(2)17(20)13-16/h6-7,13,15H,3-5,8-12H2,1-2H3,(H,21,24)(H,22,25). The number of carbonyl (C=O) groups excluding carboxylic acids is 1. The zero-order valence-corrected chi connectivity index (χ0v) is 16.7. The number of anilines is 1. The van der Waals surface area contributed by atoms with Crippen LogP contribution < -0.4 is 10.6 Å². The Morgan fingerprint density at radius 3 is 2.68 bits per heavy atom. The number of hydrogen-bond acceptors (Lipinski definition) is 2. The number of rotatable bonds is 6. The molecule has 0 aliphatic carbocycles. The molecule has 0 unspecified atom stereocenters. The highest BCUT2D eigenvalue weighted by Crippen LogP contribution is 2.22. The van der Waals surface area contributed by atoms with Crippen molar-refractivity contribution in [3.8, 4) is 0 Å². The molecule has 0 radical (unpaired) electrons. The number of benzene rings is 1. The Morgan fingerprint density at radius 1 is 1.32 bits per heavy atom. The summed E-state index contributed by atoms with van der Waals surface area (Å²) in [5.74, 6) is 0.300. The van der Waals surface area contributed by atoms with Gasteiger partial charge < -0.3 is 15.5 Å². The Kier molecular flexibility index (Phi) is 7.97. The van der Waals surface area contributed by atoms with Gasteiger partial charge in [-0.2, -0.15) is 0 Å². The molecule has 1 aliphatic rings. The second-order valence-electron chi connectivity index (χ2n) is 6.65. The first-order valence-corrected chi connectivity index (χ1v) is 9.89. The average molecular weight is 382 g/mol. The molecule has 1 fully saturated rings. The minimum absolute atomic E-state index is 0.106. The summed E-state index contributed by atoms with van der Waals surface area (Å²) in [5.41, 5.74) is 1.94. The van der Waals surface area contributed by atoms with E-state index in [1.165, 1.54) is 12.8 Å². The summed E-state index contributed by atoms with van der Waals surface area (Å²) in [6, 6.07) is 5.84. The summed E-state index contributed by atoms with van der Waals surface area (Å²) in [6.45, 7) is 6.54. The van der Waals surface area contributed by atoms with Crippen LogP contribution in [-0.2, 0) is 4.79 Å². The molecule has 138 valence electrons. The second-order valence-corrected chi connectivity index (χ2v) is 7.45. The van der Waals surface area contributed by atoms with E-state index < -0.39 is 0 Å². The number of likely N-dealkylation sites (tertiary alicyclic amines) is 1. The van der Waals surface area contributed by atoms with E-state index in [9.17, 15) is 4.79 Å². The van der Waals surface area contributed by atoms with Gasteiger partial charge in [0.25, 0.3) is 0 Å². The highest BCUT2D eigenvalue weighted by atomic mass is 35.5. The molecule has 0 saturated carbocycles. The minimum atomic E-state index is 0.106. The van der Waals surface area contributed by atoms with Gasteiger partial charge in [-0.05, 0) is 56.1 Å². The van der Waals surface area contributed by atoms with Gasteiger partial charge >= 0.3 is 0 Å². The number of carbonyl (C=O) groups is 1. The van der Waals surface area contributed by atoms with Gasteiger partial charge in [-0.1, -0.05) is 37.4 Å². The molecule has 1 aromatic rings. The van der Waals surface area contributed by atoms with E-state index in [4.69, 9.17) is 23.8 Å². The van der Waals surface area contributed by atoms with Crippen LogP contribution in [0.1, 0.15) is 44.6 Å². The van der Waals surface area contributed by atoms with Crippen molar-refractivity contribution in [3.63, 3.8) is 0 Å². The number of halogens is 1. The number of unbranched alkanes of at least 4 members (excludes halogenated alkanes) is 2. The second kappa shape index (κ2) is 9.97. The molecule has 0 spiro atoms. The van der Waals surface area contributed by atoms with Crippen LogP contribution in [0.3, 0.4) is 0 Å². The third kappa shape index (κ3) is 6.15. The lowest BCUT2D eigenvalue weighted by Gasteiger charge is -2.33. The predicted octanol–water partition coefficient (Wildman–Crippen LogP) is 4.36. The molecule has 1 saturated heterocycles. The van der Waals surface area contributed by atoms with Crippen molar-refractivity contribution in [1.29, 1.82) is 0 Å². The maximum atomic E-state index is 12.2. The van der Waals surface area contributed by atoms with Crippen LogP contribution in [0.15, 0.2) is 18.2 Å². The Hall–Kier alpha value is -1.33. The number of nitrogens with zero attached hydrogens (tertiary/aromatic N) is 1. The lowest BCUT2D eigenvalue weighted by Crippen LogP contribution is -2.44. The first-order valence-electron chi connectivity index (χ1n) is 9.11. The fraction of sp³-hybridized carbons (Fsp3) is 0.579. The van der Waals surface area contributed by atoms with E-state index in [0.29, 0.717) is 5.11 Å². The molecule has 4 nitrogen and oxygen atoms in total. The number of hydrogen-bond donors (Lipinski definition) is 2. The molecule has 25 heavy (non-hydrogen) atoms. The summed E-state index contributed by atoms with van der Waals surface area (Å²) >= 11 is 11.7. The SMILES string of the molecule is CCCCCNC(=O)C1CCN(C(=S)Nc2ccc(C)c(Cl)c2)CC1. The molecular formula is C19H28ClN3OS. The molecule has 1 aliphatic heterocycles. The van der Waals surface area contributed by atoms with E-state index in [1.54, 1.807) is 0 Å². The summed E-state index contributed by atoms with van der Waals surface area (Å²) in [5, 5.41) is 7.73. The van der Waals surface area contributed by atoms with Gasteiger partial charge in [-0.15, -0.1) is 0 Å². The maximum Gasteiger partial charge on any atom is 0.223 e. The molecule has 1 heterocycles. The number of thiocarbonyl (C=S) groups is 1. The fourth-order valence-corrected chi connectivity index (χ4v) is 3.43. The number of amides is 1. The molecule has 2 rings (SSSR count). The first-order chi connectivity index (χ1) is 12.0. The molecule has 0 bridgehead atoms. The minimum Gasteiger partial charge on any atom is -0.356 e. The molecule has 0 aromatic heterocycles. The zero-order valence-electron chi connectivity index (χ0n) is 15.1. The van der Waals surface area contributed by atoms with Gasteiger partial charge in [0.1, 0.15) is 0 Å². The first kappa shape index (κ1) is 20.0. The Bertz CT molecular complexity index is 600. The van der Waals surface area contributed by atoms with Crippen LogP contribution in [0.25, 0.3) is 0 Å². The maximum absolute atomic E-state index is 12.2. The smallest absolute Gasteiger partial charge is 0.223 e. The average Bonchev–Trinajstić information content (AvgIpc) is 2.62. The van der Waals surface area contributed by atoms with E-state index in [0.717, 1.165) is 55.2 Å². The summed E-state index contributed by atoms with van der Waals surface area (Å²) < 4.78 is 0. The summed E-state index contributed by atoms with van der Waals surface area (Å²) in [4.78, 5) is 14.3. The van der Waals surface area contributed by atoms with Crippen molar-refractivity contribution in [2.45, 2.75) is 46.0 Å². The summed E-state index contributed by atoms with van der Waals surface area (Å²) in [7, 11) is 0. The van der Waals surface area contributed by atoms with Crippen molar-refractivity contribution in [3.05, 3.63) is 28.8 Å². The third-order valence-corrected chi connectivity index (χ3v) is 5.42. The van der Waals surface area contributed by atoms with E-state index >= 15 is 0 Å². The van der Waals surface area contributed by atoms with Crippen LogP contribution in [0.4, 0.5) is 5.69 Å². The number of aryl methyl sites for hydroxylation is 1. The topological polar surface area (TPSA) is 44.4 Å². The van der Waals surface area contributed by atoms with Gasteiger partial charge in [-0.3, -0.25) is 4.79 Å². The van der Waals surface area contributed by atoms with Crippen molar-refractivity contribution >= 4 is 40.5 Å². The van der Waals surface area contributed by atoms with Crippen LogP contribution >= 0.6 is 23.8 Å². The molecule has 6 heteroatoms. The quantitative estimate of drug-likeness (QED) is 0.567.